The quantitative estimate of drug-likeness (QED) is 0.599. The Bertz CT molecular complexity index is 878. The van der Waals surface area contributed by atoms with E-state index in [2.05, 4.69) is 29.0 Å². The summed E-state index contributed by atoms with van der Waals surface area (Å²) >= 11 is 0. The molecule has 2 aromatic rings. The molecule has 2 aromatic carbocycles. The smallest absolute Gasteiger partial charge is 0.244 e. The molecule has 1 saturated heterocycles. The molecule has 1 aliphatic rings. The normalized spacial score (nSPS) is 14.7. The number of nitrogens with zero attached hydrogens (tertiary/aromatic N) is 3. The van der Waals surface area contributed by atoms with Gasteiger partial charge < -0.3 is 19.9 Å². The van der Waals surface area contributed by atoms with Crippen molar-refractivity contribution in [3.8, 4) is 0 Å². The van der Waals surface area contributed by atoms with Gasteiger partial charge in [-0.1, -0.05) is 44.2 Å². The van der Waals surface area contributed by atoms with Crippen molar-refractivity contribution in [2.45, 2.75) is 26.8 Å². The van der Waals surface area contributed by atoms with Gasteiger partial charge in [-0.05, 0) is 49.8 Å². The van der Waals surface area contributed by atoms with Crippen molar-refractivity contribution in [1.29, 1.82) is 0 Å². The molecule has 0 aromatic heterocycles. The Hall–Kier alpha value is -2.90. The molecule has 0 saturated carbocycles. The molecule has 1 atom stereocenters. The van der Waals surface area contributed by atoms with Gasteiger partial charge in [-0.2, -0.15) is 0 Å². The molecule has 1 aliphatic heterocycles. The number of carbonyl (C=O) groups is 2. The van der Waals surface area contributed by atoms with Crippen LogP contribution in [0.3, 0.4) is 0 Å². The van der Waals surface area contributed by atoms with Crippen molar-refractivity contribution >= 4 is 23.2 Å². The molecule has 0 aliphatic carbocycles. The first-order valence-corrected chi connectivity index (χ1v) is 11.9. The predicted molar refractivity (Wildman–Crippen MR) is 132 cm³/mol. The second-order valence-electron chi connectivity index (χ2n) is 8.08. The zero-order chi connectivity index (χ0) is 23.6. The van der Waals surface area contributed by atoms with E-state index in [0.29, 0.717) is 6.54 Å². The molecule has 7 nitrogen and oxygen atoms in total. The van der Waals surface area contributed by atoms with Crippen molar-refractivity contribution in [1.82, 2.24) is 9.80 Å². The van der Waals surface area contributed by atoms with Crippen LogP contribution in [-0.4, -0.2) is 74.1 Å². The number of anilines is 2. The molecule has 1 N–H and O–H groups in total. The SMILES string of the molecule is CCN(CC(=O)Nc1ccc(N2CCOCC2)cc1)C(=O)C(c1ccccc1)N(CC)CC. The molecule has 0 spiro atoms. The van der Waals surface area contributed by atoms with Gasteiger partial charge in [-0.15, -0.1) is 0 Å². The highest BCUT2D eigenvalue weighted by molar-refractivity contribution is 5.95. The van der Waals surface area contributed by atoms with Gasteiger partial charge in [0, 0.05) is 31.0 Å². The number of hydrogen-bond donors (Lipinski definition) is 1. The van der Waals surface area contributed by atoms with Gasteiger partial charge in [0.05, 0.1) is 19.8 Å². The molecule has 0 radical (unpaired) electrons. The standard InChI is InChI=1S/C26H36N4O3/c1-4-28(5-2)25(21-10-8-7-9-11-21)26(32)29(6-3)20-24(31)27-22-12-14-23(15-13-22)30-16-18-33-19-17-30/h7-15,25H,4-6,16-20H2,1-3H3,(H,27,31). The first-order valence-electron chi connectivity index (χ1n) is 11.9. The summed E-state index contributed by atoms with van der Waals surface area (Å²) in [6.45, 7) is 11.2. The number of rotatable bonds is 10. The summed E-state index contributed by atoms with van der Waals surface area (Å²) in [4.78, 5) is 32.4. The third-order valence-corrected chi connectivity index (χ3v) is 6.08. The van der Waals surface area contributed by atoms with E-state index in [4.69, 9.17) is 4.74 Å². The lowest BCUT2D eigenvalue weighted by Crippen LogP contribution is -2.45. The average molecular weight is 453 g/mol. The lowest BCUT2D eigenvalue weighted by Gasteiger charge is -2.33. The molecule has 1 heterocycles. The number of nitrogens with one attached hydrogen (secondary N) is 1. The number of likely N-dealkylation sites (N-methyl/N-ethyl adjacent to an activating group) is 2. The second kappa shape index (κ2) is 12.4. The first kappa shape index (κ1) is 24.7. The predicted octanol–water partition coefficient (Wildman–Crippen LogP) is 3.39. The van der Waals surface area contributed by atoms with Crippen LogP contribution in [0.4, 0.5) is 11.4 Å². The van der Waals surface area contributed by atoms with Gasteiger partial charge in [0.2, 0.25) is 11.8 Å². The minimum absolute atomic E-state index is 0.0190. The molecule has 7 heteroatoms. The van der Waals surface area contributed by atoms with Crippen molar-refractivity contribution in [3.05, 3.63) is 60.2 Å². The Labute approximate surface area is 197 Å². The second-order valence-corrected chi connectivity index (χ2v) is 8.08. The molecular formula is C26H36N4O3. The van der Waals surface area contributed by atoms with E-state index >= 15 is 0 Å². The van der Waals surface area contributed by atoms with Crippen LogP contribution in [0.25, 0.3) is 0 Å². The molecular weight excluding hydrogens is 416 g/mol. The van der Waals surface area contributed by atoms with Crippen LogP contribution >= 0.6 is 0 Å². The van der Waals surface area contributed by atoms with E-state index in [1.165, 1.54) is 0 Å². The minimum Gasteiger partial charge on any atom is -0.378 e. The number of amides is 2. The lowest BCUT2D eigenvalue weighted by molar-refractivity contribution is -0.139. The summed E-state index contributed by atoms with van der Waals surface area (Å²) in [5.41, 5.74) is 2.79. The van der Waals surface area contributed by atoms with Gasteiger partial charge in [0.25, 0.3) is 0 Å². The maximum absolute atomic E-state index is 13.5. The summed E-state index contributed by atoms with van der Waals surface area (Å²) in [5, 5.41) is 2.94. The van der Waals surface area contributed by atoms with E-state index in [9.17, 15) is 9.59 Å². The average Bonchev–Trinajstić information content (AvgIpc) is 2.87. The van der Waals surface area contributed by atoms with Crippen molar-refractivity contribution in [2.24, 2.45) is 0 Å². The molecule has 178 valence electrons. The zero-order valence-corrected chi connectivity index (χ0v) is 20.0. The Kier molecular flexibility index (Phi) is 9.27. The molecule has 3 rings (SSSR count). The highest BCUT2D eigenvalue weighted by atomic mass is 16.5. The summed E-state index contributed by atoms with van der Waals surface area (Å²) < 4.78 is 5.40. The van der Waals surface area contributed by atoms with E-state index in [-0.39, 0.29) is 18.4 Å². The van der Waals surface area contributed by atoms with Crippen LogP contribution in [0.5, 0.6) is 0 Å². The third-order valence-electron chi connectivity index (χ3n) is 6.08. The number of hydrogen-bond acceptors (Lipinski definition) is 5. The van der Waals surface area contributed by atoms with Gasteiger partial charge in [-0.3, -0.25) is 14.5 Å². The van der Waals surface area contributed by atoms with Crippen LogP contribution in [0.2, 0.25) is 0 Å². The molecule has 2 amide bonds. The van der Waals surface area contributed by atoms with Gasteiger partial charge in [0.1, 0.15) is 6.04 Å². The topological polar surface area (TPSA) is 65.1 Å². The Morgan fingerprint density at radius 3 is 2.15 bits per heavy atom. The summed E-state index contributed by atoms with van der Waals surface area (Å²) in [6.07, 6.45) is 0. The van der Waals surface area contributed by atoms with Gasteiger partial charge >= 0.3 is 0 Å². The Morgan fingerprint density at radius 1 is 0.939 bits per heavy atom. The van der Waals surface area contributed by atoms with E-state index in [1.54, 1.807) is 4.90 Å². The monoisotopic (exact) mass is 452 g/mol. The fraction of sp³-hybridized carbons (Fsp3) is 0.462. The maximum Gasteiger partial charge on any atom is 0.244 e. The number of carbonyl (C=O) groups excluding carboxylic acids is 2. The van der Waals surface area contributed by atoms with Crippen molar-refractivity contribution in [3.63, 3.8) is 0 Å². The van der Waals surface area contributed by atoms with Crippen LogP contribution in [0.1, 0.15) is 32.4 Å². The molecule has 1 unspecified atom stereocenters. The maximum atomic E-state index is 13.5. The molecule has 0 bridgehead atoms. The Balaban J connectivity index is 1.65. The number of benzene rings is 2. The summed E-state index contributed by atoms with van der Waals surface area (Å²) in [7, 11) is 0. The van der Waals surface area contributed by atoms with E-state index in [0.717, 1.165) is 56.3 Å². The highest BCUT2D eigenvalue weighted by Gasteiger charge is 2.30. The van der Waals surface area contributed by atoms with Crippen LogP contribution in [0, 0.1) is 0 Å². The largest absolute Gasteiger partial charge is 0.378 e. The first-order chi connectivity index (χ1) is 16.1. The minimum atomic E-state index is -0.401. The van der Waals surface area contributed by atoms with Crippen LogP contribution < -0.4 is 10.2 Å². The van der Waals surface area contributed by atoms with Gasteiger partial charge in [-0.25, -0.2) is 0 Å². The zero-order valence-electron chi connectivity index (χ0n) is 20.0. The van der Waals surface area contributed by atoms with E-state index < -0.39 is 6.04 Å². The Morgan fingerprint density at radius 2 is 1.58 bits per heavy atom. The number of ether oxygens (including phenoxy) is 1. The fourth-order valence-electron chi connectivity index (χ4n) is 4.20. The summed E-state index contributed by atoms with van der Waals surface area (Å²) in [6, 6.07) is 17.2. The van der Waals surface area contributed by atoms with Gasteiger partial charge in [0.15, 0.2) is 0 Å². The number of morpholine rings is 1. The molecule has 1 fully saturated rings. The lowest BCUT2D eigenvalue weighted by atomic mass is 10.0. The third kappa shape index (κ3) is 6.55. The van der Waals surface area contributed by atoms with E-state index in [1.807, 2.05) is 61.5 Å². The fourth-order valence-corrected chi connectivity index (χ4v) is 4.20. The van der Waals surface area contributed by atoms with Crippen molar-refractivity contribution < 1.29 is 14.3 Å². The van der Waals surface area contributed by atoms with Crippen molar-refractivity contribution in [2.75, 3.05) is 62.7 Å². The highest BCUT2D eigenvalue weighted by Crippen LogP contribution is 2.23. The van der Waals surface area contributed by atoms with Crippen LogP contribution in [-0.2, 0) is 14.3 Å². The van der Waals surface area contributed by atoms with Crippen LogP contribution in [0.15, 0.2) is 54.6 Å². The molecule has 33 heavy (non-hydrogen) atoms. The summed E-state index contributed by atoms with van der Waals surface area (Å²) in [5.74, 6) is -0.249.